The second kappa shape index (κ2) is 9.46. The number of thiocarbonyl (C=S) groups is 1. The van der Waals surface area contributed by atoms with Gasteiger partial charge in [0.25, 0.3) is 0 Å². The standard InChI is InChI=1S/C21H15Cl3N2O2S/c1-12-2-3-13(10-17(12)24)19-8-5-15(28-19)6-9-20(27)26-21(29)25-18-11-14(22)4-7-16(18)23/h2-11H,1H3,(H2,25,26,27,29)/b9-6+. The number of nitrogens with one attached hydrogen (secondary N) is 2. The molecule has 0 aliphatic heterocycles. The third kappa shape index (κ3) is 5.84. The maximum atomic E-state index is 12.1. The highest BCUT2D eigenvalue weighted by atomic mass is 35.5. The molecule has 1 aromatic heterocycles. The molecule has 0 saturated heterocycles. The van der Waals surface area contributed by atoms with Crippen LogP contribution in [-0.4, -0.2) is 11.0 Å². The number of hydrogen-bond donors (Lipinski definition) is 2. The number of aryl methyl sites for hydroxylation is 1. The number of anilines is 1. The normalized spacial score (nSPS) is 10.9. The molecule has 0 saturated carbocycles. The van der Waals surface area contributed by atoms with Crippen molar-refractivity contribution >= 4 is 69.8 Å². The molecule has 0 aliphatic carbocycles. The van der Waals surface area contributed by atoms with Crippen molar-refractivity contribution in [2.24, 2.45) is 0 Å². The number of carbonyl (C=O) groups is 1. The Bertz CT molecular complexity index is 1110. The van der Waals surface area contributed by atoms with E-state index in [-0.39, 0.29) is 5.11 Å². The predicted molar refractivity (Wildman–Crippen MR) is 124 cm³/mol. The number of amides is 1. The molecular weight excluding hydrogens is 451 g/mol. The van der Waals surface area contributed by atoms with Crippen molar-refractivity contribution in [3.05, 3.63) is 81.0 Å². The average molecular weight is 466 g/mol. The second-order valence-electron chi connectivity index (χ2n) is 6.07. The molecule has 1 heterocycles. The van der Waals surface area contributed by atoms with E-state index in [0.717, 1.165) is 11.1 Å². The Morgan fingerprint density at radius 3 is 2.59 bits per heavy atom. The average Bonchev–Trinajstić information content (AvgIpc) is 3.14. The number of furan rings is 1. The van der Waals surface area contributed by atoms with E-state index in [2.05, 4.69) is 10.6 Å². The lowest BCUT2D eigenvalue weighted by Crippen LogP contribution is -2.32. The van der Waals surface area contributed by atoms with Gasteiger partial charge in [0.15, 0.2) is 5.11 Å². The van der Waals surface area contributed by atoms with Crippen LogP contribution in [0.15, 0.2) is 59.0 Å². The summed E-state index contributed by atoms with van der Waals surface area (Å²) in [5.41, 5.74) is 2.34. The van der Waals surface area contributed by atoms with Gasteiger partial charge in [0.2, 0.25) is 5.91 Å². The lowest BCUT2D eigenvalue weighted by molar-refractivity contribution is -0.115. The van der Waals surface area contributed by atoms with Crippen LogP contribution in [0.4, 0.5) is 5.69 Å². The number of hydrogen-bond acceptors (Lipinski definition) is 3. The first kappa shape index (κ1) is 21.4. The van der Waals surface area contributed by atoms with E-state index < -0.39 is 5.91 Å². The van der Waals surface area contributed by atoms with E-state index in [4.69, 9.17) is 51.4 Å². The van der Waals surface area contributed by atoms with Crippen LogP contribution in [0, 0.1) is 6.92 Å². The lowest BCUT2D eigenvalue weighted by Gasteiger charge is -2.09. The summed E-state index contributed by atoms with van der Waals surface area (Å²) in [7, 11) is 0. The molecule has 0 radical (unpaired) electrons. The summed E-state index contributed by atoms with van der Waals surface area (Å²) in [6.07, 6.45) is 2.86. The molecule has 0 spiro atoms. The number of carbonyl (C=O) groups excluding carboxylic acids is 1. The molecule has 148 valence electrons. The summed E-state index contributed by atoms with van der Waals surface area (Å²) in [6.45, 7) is 1.93. The SMILES string of the molecule is Cc1ccc(-c2ccc(/C=C/C(=O)NC(=S)Nc3cc(Cl)ccc3Cl)o2)cc1Cl. The molecule has 4 nitrogen and oxygen atoms in total. The van der Waals surface area contributed by atoms with Crippen molar-refractivity contribution < 1.29 is 9.21 Å². The summed E-state index contributed by atoms with van der Waals surface area (Å²) < 4.78 is 5.74. The number of halogens is 3. The maximum Gasteiger partial charge on any atom is 0.250 e. The van der Waals surface area contributed by atoms with Crippen LogP contribution >= 0.6 is 47.0 Å². The van der Waals surface area contributed by atoms with Gasteiger partial charge < -0.3 is 9.73 Å². The molecule has 0 aliphatic rings. The third-order valence-electron chi connectivity index (χ3n) is 3.90. The van der Waals surface area contributed by atoms with Crippen LogP contribution in [0.3, 0.4) is 0 Å². The smallest absolute Gasteiger partial charge is 0.250 e. The summed E-state index contributed by atoms with van der Waals surface area (Å²) in [5, 5.41) is 7.04. The maximum absolute atomic E-state index is 12.1. The van der Waals surface area contributed by atoms with Crippen LogP contribution in [0.2, 0.25) is 15.1 Å². The Balaban J connectivity index is 1.60. The van der Waals surface area contributed by atoms with Crippen molar-refractivity contribution in [1.29, 1.82) is 0 Å². The fraction of sp³-hybridized carbons (Fsp3) is 0.0476. The Labute approximate surface area is 188 Å². The van der Waals surface area contributed by atoms with E-state index in [0.29, 0.717) is 32.3 Å². The van der Waals surface area contributed by atoms with Crippen LogP contribution in [0.5, 0.6) is 0 Å². The molecular formula is C21H15Cl3N2O2S. The molecule has 29 heavy (non-hydrogen) atoms. The summed E-state index contributed by atoms with van der Waals surface area (Å²) in [4.78, 5) is 12.1. The Hall–Kier alpha value is -2.31. The Morgan fingerprint density at radius 1 is 1.03 bits per heavy atom. The van der Waals surface area contributed by atoms with E-state index in [1.807, 2.05) is 31.2 Å². The van der Waals surface area contributed by atoms with Gasteiger partial charge in [0.05, 0.1) is 10.7 Å². The first-order chi connectivity index (χ1) is 13.8. The summed E-state index contributed by atoms with van der Waals surface area (Å²) >= 11 is 23.3. The van der Waals surface area contributed by atoms with E-state index in [9.17, 15) is 4.79 Å². The fourth-order valence-corrected chi connectivity index (χ4v) is 3.13. The van der Waals surface area contributed by atoms with Crippen molar-refractivity contribution in [2.75, 3.05) is 5.32 Å². The largest absolute Gasteiger partial charge is 0.457 e. The summed E-state index contributed by atoms with van der Waals surface area (Å²) in [5.74, 6) is 0.750. The van der Waals surface area contributed by atoms with Gasteiger partial charge >= 0.3 is 0 Å². The molecule has 2 N–H and O–H groups in total. The number of benzene rings is 2. The third-order valence-corrected chi connectivity index (χ3v) is 5.07. The summed E-state index contributed by atoms with van der Waals surface area (Å²) in [6, 6.07) is 14.1. The fourth-order valence-electron chi connectivity index (χ4n) is 2.40. The van der Waals surface area contributed by atoms with E-state index in [1.165, 1.54) is 6.08 Å². The predicted octanol–water partition coefficient (Wildman–Crippen LogP) is 6.74. The van der Waals surface area contributed by atoms with Crippen LogP contribution in [-0.2, 0) is 4.79 Å². The minimum Gasteiger partial charge on any atom is -0.457 e. The Morgan fingerprint density at radius 2 is 1.83 bits per heavy atom. The van der Waals surface area contributed by atoms with Gasteiger partial charge in [-0.15, -0.1) is 0 Å². The van der Waals surface area contributed by atoms with E-state index >= 15 is 0 Å². The minimum absolute atomic E-state index is 0.0956. The minimum atomic E-state index is -0.419. The molecule has 3 rings (SSSR count). The van der Waals surface area contributed by atoms with Gasteiger partial charge in [0, 0.05) is 21.7 Å². The highest BCUT2D eigenvalue weighted by Gasteiger charge is 2.08. The van der Waals surface area contributed by atoms with Crippen LogP contribution < -0.4 is 10.6 Å². The zero-order valence-electron chi connectivity index (χ0n) is 15.1. The zero-order valence-corrected chi connectivity index (χ0v) is 18.2. The van der Waals surface area contributed by atoms with Crippen molar-refractivity contribution in [3.8, 4) is 11.3 Å². The topological polar surface area (TPSA) is 54.3 Å². The monoisotopic (exact) mass is 464 g/mol. The molecule has 0 unspecified atom stereocenters. The zero-order chi connectivity index (χ0) is 21.0. The second-order valence-corrected chi connectivity index (χ2v) is 7.73. The molecule has 8 heteroatoms. The highest BCUT2D eigenvalue weighted by molar-refractivity contribution is 7.80. The first-order valence-electron chi connectivity index (χ1n) is 8.43. The van der Waals surface area contributed by atoms with Gasteiger partial charge in [-0.2, -0.15) is 0 Å². The van der Waals surface area contributed by atoms with Crippen LogP contribution in [0.25, 0.3) is 17.4 Å². The van der Waals surface area contributed by atoms with Gasteiger partial charge in [0.1, 0.15) is 11.5 Å². The van der Waals surface area contributed by atoms with Gasteiger partial charge in [-0.05, 0) is 67.2 Å². The van der Waals surface area contributed by atoms with Gasteiger partial charge in [-0.3, -0.25) is 10.1 Å². The molecule has 0 fully saturated rings. The quantitative estimate of drug-likeness (QED) is 0.331. The van der Waals surface area contributed by atoms with E-state index in [1.54, 1.807) is 30.3 Å². The van der Waals surface area contributed by atoms with Crippen molar-refractivity contribution in [2.45, 2.75) is 6.92 Å². The van der Waals surface area contributed by atoms with Crippen LogP contribution in [0.1, 0.15) is 11.3 Å². The molecule has 3 aromatic rings. The molecule has 2 aromatic carbocycles. The highest BCUT2D eigenvalue weighted by Crippen LogP contribution is 2.27. The van der Waals surface area contributed by atoms with Gasteiger partial charge in [-0.25, -0.2) is 0 Å². The van der Waals surface area contributed by atoms with Crippen molar-refractivity contribution in [3.63, 3.8) is 0 Å². The number of rotatable bonds is 4. The Kier molecular flexibility index (Phi) is 6.98. The first-order valence-corrected chi connectivity index (χ1v) is 9.97. The van der Waals surface area contributed by atoms with Crippen molar-refractivity contribution in [1.82, 2.24) is 5.32 Å². The molecule has 1 amide bonds. The molecule has 0 atom stereocenters. The molecule has 0 bridgehead atoms. The van der Waals surface area contributed by atoms with Gasteiger partial charge in [-0.1, -0.05) is 46.9 Å². The lowest BCUT2D eigenvalue weighted by atomic mass is 10.1.